The molecule has 0 aliphatic heterocycles. The van der Waals surface area contributed by atoms with Crippen molar-refractivity contribution in [2.45, 2.75) is 27.7 Å². The number of para-hydroxylation sites is 1. The molecular formula is C23H32N2O5. The molecule has 0 aliphatic rings. The van der Waals surface area contributed by atoms with Crippen molar-refractivity contribution < 1.29 is 24.5 Å². The van der Waals surface area contributed by atoms with E-state index in [9.17, 15) is 9.59 Å². The summed E-state index contributed by atoms with van der Waals surface area (Å²) in [6.45, 7) is 11.8. The van der Waals surface area contributed by atoms with Crippen molar-refractivity contribution in [2.75, 3.05) is 32.0 Å². The Kier molecular flexibility index (Phi) is 9.84. The molecule has 164 valence electrons. The topological polar surface area (TPSA) is 113 Å². The van der Waals surface area contributed by atoms with E-state index in [0.717, 1.165) is 19.6 Å². The highest BCUT2D eigenvalue weighted by Crippen LogP contribution is 2.19. The van der Waals surface area contributed by atoms with Gasteiger partial charge in [0, 0.05) is 17.6 Å². The number of aromatic hydroxyl groups is 1. The number of aromatic carboxylic acids is 1. The van der Waals surface area contributed by atoms with E-state index >= 15 is 0 Å². The van der Waals surface area contributed by atoms with Gasteiger partial charge in [-0.05, 0) is 49.5 Å². The van der Waals surface area contributed by atoms with Crippen LogP contribution in [0.1, 0.15) is 48.4 Å². The monoisotopic (exact) mass is 416 g/mol. The molecule has 4 N–H and O–H groups in total. The second-order valence-electron chi connectivity index (χ2n) is 7.65. The van der Waals surface area contributed by atoms with Gasteiger partial charge in [-0.1, -0.05) is 39.8 Å². The van der Waals surface area contributed by atoms with Crippen molar-refractivity contribution in [3.05, 3.63) is 59.7 Å². The number of phenols is 1. The summed E-state index contributed by atoms with van der Waals surface area (Å²) in [5.41, 5.74) is 6.65. The van der Waals surface area contributed by atoms with Crippen molar-refractivity contribution >= 4 is 17.6 Å². The molecule has 0 spiro atoms. The Balaban J connectivity index is 0.000000375. The van der Waals surface area contributed by atoms with Gasteiger partial charge in [-0.25, -0.2) is 9.59 Å². The molecule has 7 nitrogen and oxygen atoms in total. The number of nitrogens with two attached hydrogens (primary N) is 1. The predicted octanol–water partition coefficient (Wildman–Crippen LogP) is 3.88. The van der Waals surface area contributed by atoms with Crippen molar-refractivity contribution in [2.24, 2.45) is 5.41 Å². The number of carboxylic acid groups (broad SMARTS) is 1. The lowest BCUT2D eigenvalue weighted by Crippen LogP contribution is -2.37. The third kappa shape index (κ3) is 8.53. The highest BCUT2D eigenvalue weighted by atomic mass is 16.5. The Morgan fingerprint density at radius 2 is 1.60 bits per heavy atom. The van der Waals surface area contributed by atoms with Crippen LogP contribution < -0.4 is 5.73 Å². The van der Waals surface area contributed by atoms with Gasteiger partial charge in [0.1, 0.15) is 11.3 Å². The van der Waals surface area contributed by atoms with Crippen LogP contribution in [0.2, 0.25) is 0 Å². The molecule has 0 unspecified atom stereocenters. The van der Waals surface area contributed by atoms with Gasteiger partial charge < -0.3 is 25.6 Å². The number of esters is 1. The van der Waals surface area contributed by atoms with Crippen LogP contribution in [0, 0.1) is 5.41 Å². The average molecular weight is 417 g/mol. The fourth-order valence-corrected chi connectivity index (χ4v) is 2.72. The molecule has 0 amide bonds. The molecule has 0 aliphatic carbocycles. The van der Waals surface area contributed by atoms with Crippen LogP contribution in [-0.4, -0.2) is 53.3 Å². The first-order chi connectivity index (χ1) is 14.1. The van der Waals surface area contributed by atoms with Gasteiger partial charge in [0.15, 0.2) is 0 Å². The van der Waals surface area contributed by atoms with E-state index in [2.05, 4.69) is 32.6 Å². The molecule has 0 bridgehead atoms. The molecule has 2 aromatic carbocycles. The van der Waals surface area contributed by atoms with E-state index in [1.165, 1.54) is 12.1 Å². The summed E-state index contributed by atoms with van der Waals surface area (Å²) in [7, 11) is 0. The summed E-state index contributed by atoms with van der Waals surface area (Å²) in [6.07, 6.45) is 0. The predicted molar refractivity (Wildman–Crippen MR) is 118 cm³/mol. The number of carboxylic acids is 1. The van der Waals surface area contributed by atoms with Gasteiger partial charge in [-0.15, -0.1) is 0 Å². The molecule has 0 saturated heterocycles. The molecule has 0 fully saturated rings. The van der Waals surface area contributed by atoms with Crippen molar-refractivity contribution in [1.82, 2.24) is 4.90 Å². The molecule has 0 atom stereocenters. The second kappa shape index (κ2) is 11.8. The van der Waals surface area contributed by atoms with Crippen molar-refractivity contribution in [3.8, 4) is 5.75 Å². The fourth-order valence-electron chi connectivity index (χ4n) is 2.72. The van der Waals surface area contributed by atoms with Crippen LogP contribution in [0.15, 0.2) is 48.5 Å². The van der Waals surface area contributed by atoms with Gasteiger partial charge in [0.25, 0.3) is 0 Å². The molecule has 2 aromatic rings. The van der Waals surface area contributed by atoms with E-state index in [1.54, 1.807) is 36.4 Å². The lowest BCUT2D eigenvalue weighted by atomic mass is 9.94. The largest absolute Gasteiger partial charge is 0.507 e. The number of rotatable bonds is 8. The number of anilines is 1. The molecule has 0 saturated carbocycles. The quantitative estimate of drug-likeness (QED) is 0.442. The van der Waals surface area contributed by atoms with Crippen LogP contribution in [0.4, 0.5) is 5.69 Å². The van der Waals surface area contributed by atoms with Crippen molar-refractivity contribution in [1.29, 1.82) is 0 Å². The van der Waals surface area contributed by atoms with E-state index in [-0.39, 0.29) is 22.7 Å². The van der Waals surface area contributed by atoms with E-state index in [4.69, 9.17) is 20.7 Å². The van der Waals surface area contributed by atoms with Gasteiger partial charge in [0.05, 0.1) is 12.2 Å². The van der Waals surface area contributed by atoms with Gasteiger partial charge in [0.2, 0.25) is 0 Å². The zero-order chi connectivity index (χ0) is 22.7. The number of nitrogens with zero attached hydrogens (tertiary/aromatic N) is 1. The Labute approximate surface area is 178 Å². The first-order valence-corrected chi connectivity index (χ1v) is 9.86. The number of benzene rings is 2. The molecule has 0 aromatic heterocycles. The molecule has 0 heterocycles. The maximum atomic E-state index is 12.0. The Hall–Kier alpha value is -3.06. The first kappa shape index (κ1) is 25.0. The summed E-state index contributed by atoms with van der Waals surface area (Å²) in [5.74, 6) is -1.61. The molecular weight excluding hydrogens is 384 g/mol. The van der Waals surface area contributed by atoms with Crippen molar-refractivity contribution in [3.63, 3.8) is 0 Å². The third-order valence-corrected chi connectivity index (χ3v) is 4.42. The minimum Gasteiger partial charge on any atom is -0.507 e. The number of ether oxygens (including phenoxy) is 1. The maximum absolute atomic E-state index is 12.0. The highest BCUT2D eigenvalue weighted by Gasteiger charge is 2.23. The summed E-state index contributed by atoms with van der Waals surface area (Å²) in [5, 5.41) is 17.3. The summed E-state index contributed by atoms with van der Waals surface area (Å²) >= 11 is 0. The van der Waals surface area contributed by atoms with E-state index in [1.807, 2.05) is 0 Å². The van der Waals surface area contributed by atoms with Crippen LogP contribution in [0.25, 0.3) is 0 Å². The summed E-state index contributed by atoms with van der Waals surface area (Å²) < 4.78 is 5.42. The van der Waals surface area contributed by atoms with Crippen LogP contribution >= 0.6 is 0 Å². The number of nitrogen functional groups attached to an aromatic ring is 1. The summed E-state index contributed by atoms with van der Waals surface area (Å²) in [6, 6.07) is 12.6. The molecule has 30 heavy (non-hydrogen) atoms. The van der Waals surface area contributed by atoms with Gasteiger partial charge in [-0.2, -0.15) is 0 Å². The molecule has 2 rings (SSSR count). The zero-order valence-corrected chi connectivity index (χ0v) is 18.1. The van der Waals surface area contributed by atoms with Gasteiger partial charge in [-0.3, -0.25) is 0 Å². The molecule has 0 radical (unpaired) electrons. The van der Waals surface area contributed by atoms with Gasteiger partial charge >= 0.3 is 11.9 Å². The Morgan fingerprint density at radius 3 is 2.07 bits per heavy atom. The standard InChI is InChI=1S/C16H26N2O2.C7H6O3/c1-5-18(6-2)11-16(3,4)12-20-15(19)13-7-9-14(17)10-8-13;8-6-4-2-1-3-5(6)7(9)10/h7-10H,5-6,11-12,17H2,1-4H3;1-4,8H,(H,9,10). The highest BCUT2D eigenvalue weighted by molar-refractivity contribution is 5.90. The van der Waals surface area contributed by atoms with Crippen LogP contribution in [0.5, 0.6) is 5.75 Å². The second-order valence-corrected chi connectivity index (χ2v) is 7.65. The molecule has 7 heteroatoms. The minimum atomic E-state index is -1.11. The van der Waals surface area contributed by atoms with E-state index < -0.39 is 5.97 Å². The van der Waals surface area contributed by atoms with Crippen LogP contribution in [0.3, 0.4) is 0 Å². The lowest BCUT2D eigenvalue weighted by molar-refractivity contribution is 0.0274. The average Bonchev–Trinajstić information content (AvgIpc) is 2.71. The van der Waals surface area contributed by atoms with E-state index in [0.29, 0.717) is 17.9 Å². The number of carbonyl (C=O) groups is 2. The summed E-state index contributed by atoms with van der Waals surface area (Å²) in [4.78, 5) is 24.5. The smallest absolute Gasteiger partial charge is 0.339 e. The fraction of sp³-hybridized carbons (Fsp3) is 0.391. The SMILES string of the molecule is CCN(CC)CC(C)(C)COC(=O)c1ccc(N)cc1.O=C(O)c1ccccc1O. The zero-order valence-electron chi connectivity index (χ0n) is 18.1. The number of carbonyl (C=O) groups excluding carboxylic acids is 1. The van der Waals surface area contributed by atoms with Crippen LogP contribution in [-0.2, 0) is 4.74 Å². The Morgan fingerprint density at radius 1 is 1.03 bits per heavy atom. The normalized spacial score (nSPS) is 10.8. The number of hydrogen-bond donors (Lipinski definition) is 3. The maximum Gasteiger partial charge on any atom is 0.339 e. The lowest BCUT2D eigenvalue weighted by Gasteiger charge is -2.30. The number of hydrogen-bond acceptors (Lipinski definition) is 6. The first-order valence-electron chi connectivity index (χ1n) is 9.86. The Bertz CT molecular complexity index is 815. The third-order valence-electron chi connectivity index (χ3n) is 4.42. The minimum absolute atomic E-state index is 0.0600.